The average Bonchev–Trinajstić information content (AvgIpc) is 2.47. The lowest BCUT2D eigenvalue weighted by atomic mass is 9.74. The van der Waals surface area contributed by atoms with Crippen molar-refractivity contribution in [1.29, 1.82) is 0 Å². The Morgan fingerprint density at radius 3 is 3.00 bits per heavy atom. The fraction of sp³-hybridized carbons (Fsp3) is 0.545. The molecule has 0 amide bonds. The molecule has 3 heteroatoms. The van der Waals surface area contributed by atoms with Gasteiger partial charge in [0, 0.05) is 9.75 Å². The second-order valence-electron chi connectivity index (χ2n) is 4.18. The summed E-state index contributed by atoms with van der Waals surface area (Å²) >= 11 is 1.75. The second kappa shape index (κ2) is 3.09. The van der Waals surface area contributed by atoms with Crippen LogP contribution < -0.4 is 0 Å². The first-order valence-electron chi connectivity index (χ1n) is 4.87. The highest BCUT2D eigenvalue weighted by atomic mass is 32.1. The molecule has 1 atom stereocenters. The Kier molecular flexibility index (Phi) is 2.14. The number of carboxylic acid groups (broad SMARTS) is 1. The molecule has 2 nitrogen and oxygen atoms in total. The molecule has 14 heavy (non-hydrogen) atoms. The lowest BCUT2D eigenvalue weighted by molar-refractivity contribution is -0.143. The van der Waals surface area contributed by atoms with E-state index in [1.807, 2.05) is 19.9 Å². The third-order valence-corrected chi connectivity index (χ3v) is 4.19. The summed E-state index contributed by atoms with van der Waals surface area (Å²) in [5, 5.41) is 9.26. The molecule has 0 saturated heterocycles. The number of fused-ring (bicyclic) bond motifs is 1. The summed E-state index contributed by atoms with van der Waals surface area (Å²) < 4.78 is 0. The van der Waals surface area contributed by atoms with Crippen LogP contribution in [0, 0.1) is 6.92 Å². The molecule has 0 aromatic carbocycles. The van der Waals surface area contributed by atoms with E-state index in [0.29, 0.717) is 0 Å². The van der Waals surface area contributed by atoms with Gasteiger partial charge in [-0.1, -0.05) is 0 Å². The van der Waals surface area contributed by atoms with Crippen LogP contribution in [0.4, 0.5) is 0 Å². The molecule has 1 aliphatic carbocycles. The molecule has 0 saturated carbocycles. The molecule has 2 rings (SSSR count). The zero-order valence-corrected chi connectivity index (χ0v) is 9.28. The van der Waals surface area contributed by atoms with E-state index in [9.17, 15) is 9.90 Å². The van der Waals surface area contributed by atoms with Crippen LogP contribution in [-0.2, 0) is 16.6 Å². The van der Waals surface area contributed by atoms with Gasteiger partial charge < -0.3 is 5.11 Å². The van der Waals surface area contributed by atoms with Crippen LogP contribution in [0.15, 0.2) is 6.07 Å². The van der Waals surface area contributed by atoms with E-state index in [0.717, 1.165) is 24.8 Å². The van der Waals surface area contributed by atoms with E-state index < -0.39 is 11.4 Å². The zero-order valence-electron chi connectivity index (χ0n) is 8.46. The van der Waals surface area contributed by atoms with Crippen LogP contribution >= 0.6 is 11.3 Å². The molecule has 1 aliphatic rings. The van der Waals surface area contributed by atoms with Gasteiger partial charge in [-0.15, -0.1) is 11.3 Å². The van der Waals surface area contributed by atoms with E-state index in [4.69, 9.17) is 0 Å². The summed E-state index contributed by atoms with van der Waals surface area (Å²) in [4.78, 5) is 13.8. The van der Waals surface area contributed by atoms with Crippen molar-refractivity contribution in [1.82, 2.24) is 0 Å². The smallest absolute Gasteiger partial charge is 0.313 e. The van der Waals surface area contributed by atoms with Crippen LogP contribution in [0.3, 0.4) is 0 Å². The number of hydrogen-bond acceptors (Lipinski definition) is 2. The Labute approximate surface area is 87.6 Å². The van der Waals surface area contributed by atoms with Crippen molar-refractivity contribution in [3.8, 4) is 0 Å². The third kappa shape index (κ3) is 1.27. The zero-order chi connectivity index (χ0) is 10.3. The minimum absolute atomic E-state index is 0.641. The first-order valence-corrected chi connectivity index (χ1v) is 5.69. The molecule has 0 aliphatic heterocycles. The number of aliphatic carboxylic acids is 1. The molecule has 1 N–H and O–H groups in total. The molecular weight excluding hydrogens is 196 g/mol. The molecule has 0 radical (unpaired) electrons. The monoisotopic (exact) mass is 210 g/mol. The van der Waals surface area contributed by atoms with Crippen molar-refractivity contribution in [3.05, 3.63) is 21.4 Å². The van der Waals surface area contributed by atoms with Crippen molar-refractivity contribution in [2.45, 2.75) is 38.5 Å². The lowest BCUT2D eigenvalue weighted by Crippen LogP contribution is -2.35. The second-order valence-corrected chi connectivity index (χ2v) is 5.53. The highest BCUT2D eigenvalue weighted by Crippen LogP contribution is 2.41. The van der Waals surface area contributed by atoms with Gasteiger partial charge in [0.1, 0.15) is 0 Å². The largest absolute Gasteiger partial charge is 0.481 e. The molecule has 0 fully saturated rings. The maximum absolute atomic E-state index is 11.3. The first-order chi connectivity index (χ1) is 6.54. The van der Waals surface area contributed by atoms with Gasteiger partial charge in [-0.05, 0) is 44.7 Å². The van der Waals surface area contributed by atoms with Gasteiger partial charge in [0.2, 0.25) is 0 Å². The number of carbonyl (C=O) groups is 1. The van der Waals surface area contributed by atoms with Gasteiger partial charge in [0.05, 0.1) is 5.41 Å². The summed E-state index contributed by atoms with van der Waals surface area (Å²) in [6, 6.07) is 2.05. The van der Waals surface area contributed by atoms with Crippen molar-refractivity contribution in [2.24, 2.45) is 0 Å². The fourth-order valence-electron chi connectivity index (χ4n) is 2.17. The maximum atomic E-state index is 11.3. The Morgan fingerprint density at radius 1 is 1.64 bits per heavy atom. The van der Waals surface area contributed by atoms with Crippen LogP contribution in [-0.4, -0.2) is 11.1 Å². The van der Waals surface area contributed by atoms with Gasteiger partial charge in [-0.25, -0.2) is 0 Å². The van der Waals surface area contributed by atoms with Crippen LogP contribution in [0.2, 0.25) is 0 Å². The van der Waals surface area contributed by atoms with Crippen LogP contribution in [0.25, 0.3) is 0 Å². The predicted octanol–water partition coefficient (Wildman–Crippen LogP) is 2.74. The Bertz CT molecular complexity index is 381. The predicted molar refractivity (Wildman–Crippen MR) is 57.0 cm³/mol. The Morgan fingerprint density at radius 2 is 2.36 bits per heavy atom. The quantitative estimate of drug-likeness (QED) is 0.773. The molecule has 0 bridgehead atoms. The normalized spacial score (nSPS) is 25.9. The van der Waals surface area contributed by atoms with E-state index in [2.05, 4.69) is 0 Å². The number of aryl methyl sites for hydroxylation is 2. The van der Waals surface area contributed by atoms with Crippen molar-refractivity contribution in [2.75, 3.05) is 0 Å². The standard InChI is InChI=1S/C11H14O2S/c1-7-6-8-9(14-7)4-3-5-11(8,2)10(12)13/h6H,3-5H2,1-2H3,(H,12,13). The SMILES string of the molecule is Cc1cc2c(s1)CCCC2(C)C(=O)O. The van der Waals surface area contributed by atoms with Gasteiger partial charge in [0.15, 0.2) is 0 Å². The molecule has 1 heterocycles. The summed E-state index contributed by atoms with van der Waals surface area (Å²) in [6.45, 7) is 3.89. The molecule has 76 valence electrons. The fourth-order valence-corrected chi connectivity index (χ4v) is 3.38. The average molecular weight is 210 g/mol. The minimum Gasteiger partial charge on any atom is -0.481 e. The van der Waals surface area contributed by atoms with E-state index in [1.54, 1.807) is 11.3 Å². The summed E-state index contributed by atoms with van der Waals surface area (Å²) in [6.07, 6.45) is 2.82. The van der Waals surface area contributed by atoms with E-state index >= 15 is 0 Å². The summed E-state index contributed by atoms with van der Waals surface area (Å²) in [5.41, 5.74) is 0.414. The number of thiophene rings is 1. The molecule has 1 aromatic rings. The Hall–Kier alpha value is -0.830. The van der Waals surface area contributed by atoms with Crippen molar-refractivity contribution in [3.63, 3.8) is 0 Å². The van der Waals surface area contributed by atoms with Gasteiger partial charge in [0.25, 0.3) is 0 Å². The lowest BCUT2D eigenvalue weighted by Gasteiger charge is -2.29. The molecule has 1 aromatic heterocycles. The van der Waals surface area contributed by atoms with Crippen molar-refractivity contribution < 1.29 is 9.90 Å². The van der Waals surface area contributed by atoms with Gasteiger partial charge >= 0.3 is 5.97 Å². The molecule has 0 spiro atoms. The molecular formula is C11H14O2S. The van der Waals surface area contributed by atoms with Crippen LogP contribution in [0.1, 0.15) is 35.1 Å². The highest BCUT2D eigenvalue weighted by Gasteiger charge is 2.39. The van der Waals surface area contributed by atoms with Gasteiger partial charge in [-0.2, -0.15) is 0 Å². The minimum atomic E-state index is -0.684. The van der Waals surface area contributed by atoms with Crippen LogP contribution in [0.5, 0.6) is 0 Å². The molecule has 1 unspecified atom stereocenters. The highest BCUT2D eigenvalue weighted by molar-refractivity contribution is 7.12. The van der Waals surface area contributed by atoms with Crippen molar-refractivity contribution >= 4 is 17.3 Å². The van der Waals surface area contributed by atoms with E-state index in [-0.39, 0.29) is 0 Å². The maximum Gasteiger partial charge on any atom is 0.313 e. The Balaban J connectivity index is 2.54. The topological polar surface area (TPSA) is 37.3 Å². The number of rotatable bonds is 1. The summed E-state index contributed by atoms with van der Waals surface area (Å²) in [7, 11) is 0. The van der Waals surface area contributed by atoms with Gasteiger partial charge in [-0.3, -0.25) is 4.79 Å². The number of carboxylic acids is 1. The number of hydrogen-bond donors (Lipinski definition) is 1. The van der Waals surface area contributed by atoms with E-state index in [1.165, 1.54) is 9.75 Å². The summed E-state index contributed by atoms with van der Waals surface area (Å²) in [5.74, 6) is -0.684. The third-order valence-electron chi connectivity index (χ3n) is 3.08. The first kappa shape index (κ1) is 9.71.